The lowest BCUT2D eigenvalue weighted by molar-refractivity contribution is 0.300. The highest BCUT2D eigenvalue weighted by molar-refractivity contribution is 5.34. The molecule has 20 heavy (non-hydrogen) atoms. The van der Waals surface area contributed by atoms with Gasteiger partial charge in [0.05, 0.1) is 18.2 Å². The summed E-state index contributed by atoms with van der Waals surface area (Å²) >= 11 is 0. The molecule has 1 aromatic carbocycles. The summed E-state index contributed by atoms with van der Waals surface area (Å²) in [6, 6.07) is 10.2. The van der Waals surface area contributed by atoms with E-state index in [0.29, 0.717) is 30.9 Å². The molecule has 0 fully saturated rings. The third-order valence-electron chi connectivity index (χ3n) is 2.69. The first-order valence-electron chi connectivity index (χ1n) is 6.12. The monoisotopic (exact) mass is 271 g/mol. The summed E-state index contributed by atoms with van der Waals surface area (Å²) in [5, 5.41) is 8.67. The Morgan fingerprint density at radius 3 is 2.60 bits per heavy atom. The number of H-pyrrole nitrogens is 1. The fraction of sp³-hybridized carbons (Fsp3) is 0.214. The van der Waals surface area contributed by atoms with Crippen LogP contribution in [0.3, 0.4) is 0 Å². The molecule has 6 heteroatoms. The van der Waals surface area contributed by atoms with Crippen LogP contribution in [0.15, 0.2) is 46.1 Å². The SMILES string of the molecule is N#Cc1ccc(OCCCn2ccc(=O)[nH]c2=O)cc1. The normalized spacial score (nSPS) is 9.95. The molecule has 2 aromatic rings. The van der Waals surface area contributed by atoms with Crippen LogP contribution in [0.2, 0.25) is 0 Å². The van der Waals surface area contributed by atoms with Crippen molar-refractivity contribution in [2.24, 2.45) is 0 Å². The summed E-state index contributed by atoms with van der Waals surface area (Å²) in [7, 11) is 0. The molecule has 0 atom stereocenters. The number of nitrogens with one attached hydrogen (secondary N) is 1. The van der Waals surface area contributed by atoms with E-state index in [0.717, 1.165) is 0 Å². The minimum absolute atomic E-state index is 0.403. The van der Waals surface area contributed by atoms with Gasteiger partial charge in [-0.3, -0.25) is 9.78 Å². The van der Waals surface area contributed by atoms with Gasteiger partial charge in [0.1, 0.15) is 5.75 Å². The van der Waals surface area contributed by atoms with Crippen LogP contribution in [0.4, 0.5) is 0 Å². The van der Waals surface area contributed by atoms with E-state index >= 15 is 0 Å². The number of rotatable bonds is 5. The van der Waals surface area contributed by atoms with Crippen molar-refractivity contribution in [1.29, 1.82) is 5.26 Å². The van der Waals surface area contributed by atoms with Gasteiger partial charge < -0.3 is 9.30 Å². The highest BCUT2D eigenvalue weighted by Crippen LogP contribution is 2.11. The number of aryl methyl sites for hydroxylation is 1. The molecule has 0 aliphatic heterocycles. The molecule has 0 aliphatic rings. The van der Waals surface area contributed by atoms with E-state index in [1.807, 2.05) is 6.07 Å². The van der Waals surface area contributed by atoms with Gasteiger partial charge >= 0.3 is 5.69 Å². The molecule has 6 nitrogen and oxygen atoms in total. The Hall–Kier alpha value is -2.81. The van der Waals surface area contributed by atoms with Crippen LogP contribution in [-0.2, 0) is 6.54 Å². The third-order valence-corrected chi connectivity index (χ3v) is 2.69. The van der Waals surface area contributed by atoms with Crippen molar-refractivity contribution in [3.63, 3.8) is 0 Å². The molecule has 0 aliphatic carbocycles. The van der Waals surface area contributed by atoms with E-state index in [-0.39, 0.29) is 0 Å². The van der Waals surface area contributed by atoms with Gasteiger partial charge in [0.25, 0.3) is 5.56 Å². The number of ether oxygens (including phenoxy) is 1. The van der Waals surface area contributed by atoms with Gasteiger partial charge in [-0.2, -0.15) is 5.26 Å². The largest absolute Gasteiger partial charge is 0.494 e. The van der Waals surface area contributed by atoms with E-state index < -0.39 is 11.2 Å². The first-order chi connectivity index (χ1) is 9.69. The number of aromatic amines is 1. The van der Waals surface area contributed by atoms with Crippen LogP contribution in [0.5, 0.6) is 5.75 Å². The van der Waals surface area contributed by atoms with Crippen molar-refractivity contribution < 1.29 is 4.74 Å². The molecule has 1 N–H and O–H groups in total. The Balaban J connectivity index is 1.83. The minimum Gasteiger partial charge on any atom is -0.494 e. The molecule has 0 unspecified atom stereocenters. The lowest BCUT2D eigenvalue weighted by Crippen LogP contribution is -2.29. The van der Waals surface area contributed by atoms with Crippen molar-refractivity contribution in [1.82, 2.24) is 9.55 Å². The molecule has 1 heterocycles. The second-order valence-electron chi connectivity index (χ2n) is 4.14. The molecule has 0 spiro atoms. The molecule has 0 bridgehead atoms. The summed E-state index contributed by atoms with van der Waals surface area (Å²) in [5.41, 5.74) is -0.243. The summed E-state index contributed by atoms with van der Waals surface area (Å²) in [5.74, 6) is 0.679. The Kier molecular flexibility index (Phi) is 4.35. The zero-order valence-corrected chi connectivity index (χ0v) is 10.7. The van der Waals surface area contributed by atoms with E-state index in [1.54, 1.807) is 24.3 Å². The fourth-order valence-corrected chi connectivity index (χ4v) is 1.67. The maximum atomic E-state index is 11.4. The average Bonchev–Trinajstić information content (AvgIpc) is 2.46. The van der Waals surface area contributed by atoms with Gasteiger partial charge in [-0.05, 0) is 30.7 Å². The molecule has 0 saturated heterocycles. The van der Waals surface area contributed by atoms with Crippen LogP contribution in [0, 0.1) is 11.3 Å². The molecule has 0 radical (unpaired) electrons. The maximum Gasteiger partial charge on any atom is 0.328 e. The lowest BCUT2D eigenvalue weighted by atomic mass is 10.2. The summed E-state index contributed by atoms with van der Waals surface area (Å²) in [4.78, 5) is 24.5. The standard InChI is InChI=1S/C14H13N3O3/c15-10-11-2-4-12(5-3-11)20-9-1-7-17-8-6-13(18)16-14(17)19/h2-6,8H,1,7,9H2,(H,16,18,19). The van der Waals surface area contributed by atoms with Crippen LogP contribution in [-0.4, -0.2) is 16.2 Å². The highest BCUT2D eigenvalue weighted by atomic mass is 16.5. The highest BCUT2D eigenvalue weighted by Gasteiger charge is 1.98. The number of hydrogen-bond acceptors (Lipinski definition) is 4. The van der Waals surface area contributed by atoms with Crippen LogP contribution in [0.25, 0.3) is 0 Å². The first-order valence-corrected chi connectivity index (χ1v) is 6.12. The van der Waals surface area contributed by atoms with Gasteiger partial charge in [0, 0.05) is 18.8 Å². The third kappa shape index (κ3) is 3.59. The molecule has 1 aromatic heterocycles. The van der Waals surface area contributed by atoms with Gasteiger partial charge in [0.15, 0.2) is 0 Å². The Morgan fingerprint density at radius 2 is 1.95 bits per heavy atom. The Bertz CT molecular complexity index is 723. The summed E-state index contributed by atoms with van der Waals surface area (Å²) in [6.07, 6.45) is 2.09. The van der Waals surface area contributed by atoms with Crippen molar-refractivity contribution in [3.05, 3.63) is 62.9 Å². The zero-order chi connectivity index (χ0) is 14.4. The van der Waals surface area contributed by atoms with E-state index in [9.17, 15) is 9.59 Å². The number of nitrogens with zero attached hydrogens (tertiary/aromatic N) is 2. The van der Waals surface area contributed by atoms with Crippen LogP contribution >= 0.6 is 0 Å². The first kappa shape index (κ1) is 13.6. The van der Waals surface area contributed by atoms with Crippen molar-refractivity contribution in [2.75, 3.05) is 6.61 Å². The second kappa shape index (κ2) is 6.38. The topological polar surface area (TPSA) is 87.9 Å². The molecular formula is C14H13N3O3. The van der Waals surface area contributed by atoms with Crippen molar-refractivity contribution >= 4 is 0 Å². The summed E-state index contributed by atoms with van der Waals surface area (Å²) < 4.78 is 6.91. The van der Waals surface area contributed by atoms with Crippen LogP contribution in [0.1, 0.15) is 12.0 Å². The number of hydrogen-bond donors (Lipinski definition) is 1. The van der Waals surface area contributed by atoms with E-state index in [1.165, 1.54) is 16.8 Å². The molecule has 2 rings (SSSR count). The van der Waals surface area contributed by atoms with E-state index in [2.05, 4.69) is 4.98 Å². The second-order valence-corrected chi connectivity index (χ2v) is 4.14. The molecule has 0 saturated carbocycles. The molecule has 0 amide bonds. The predicted octanol–water partition coefficient (Wildman–Crippen LogP) is 0.877. The minimum atomic E-state index is -0.420. The quantitative estimate of drug-likeness (QED) is 0.817. The van der Waals surface area contributed by atoms with E-state index in [4.69, 9.17) is 10.00 Å². The van der Waals surface area contributed by atoms with Crippen LogP contribution < -0.4 is 16.0 Å². The molecular weight excluding hydrogens is 258 g/mol. The van der Waals surface area contributed by atoms with Gasteiger partial charge in [0.2, 0.25) is 0 Å². The lowest BCUT2D eigenvalue weighted by Gasteiger charge is -2.07. The number of aromatic nitrogens is 2. The summed E-state index contributed by atoms with van der Waals surface area (Å²) in [6.45, 7) is 0.906. The van der Waals surface area contributed by atoms with Crippen molar-refractivity contribution in [3.8, 4) is 11.8 Å². The fourth-order valence-electron chi connectivity index (χ4n) is 1.67. The Morgan fingerprint density at radius 1 is 1.20 bits per heavy atom. The van der Waals surface area contributed by atoms with Gasteiger partial charge in [-0.15, -0.1) is 0 Å². The van der Waals surface area contributed by atoms with Gasteiger partial charge in [-0.1, -0.05) is 0 Å². The van der Waals surface area contributed by atoms with Gasteiger partial charge in [-0.25, -0.2) is 4.79 Å². The molecule has 102 valence electrons. The zero-order valence-electron chi connectivity index (χ0n) is 10.7. The average molecular weight is 271 g/mol. The smallest absolute Gasteiger partial charge is 0.328 e. The Labute approximate surface area is 114 Å². The maximum absolute atomic E-state index is 11.4. The number of benzene rings is 1. The number of nitriles is 1. The van der Waals surface area contributed by atoms with Crippen molar-refractivity contribution in [2.45, 2.75) is 13.0 Å². The predicted molar refractivity (Wildman–Crippen MR) is 72.6 cm³/mol.